The second kappa shape index (κ2) is 10.8. The molecule has 5 rings (SSSR count). The van der Waals surface area contributed by atoms with E-state index in [1.165, 1.54) is 27.8 Å². The fourth-order valence-corrected chi connectivity index (χ4v) is 5.44. The number of rotatable bonds is 7. The van der Waals surface area contributed by atoms with E-state index in [0.29, 0.717) is 12.2 Å². The van der Waals surface area contributed by atoms with Crippen LogP contribution in [0.2, 0.25) is 5.02 Å². The highest BCUT2D eigenvalue weighted by Crippen LogP contribution is 2.41. The van der Waals surface area contributed by atoms with Gasteiger partial charge in [-0.2, -0.15) is 0 Å². The van der Waals surface area contributed by atoms with Gasteiger partial charge in [0.15, 0.2) is 0 Å². The predicted octanol–water partition coefficient (Wildman–Crippen LogP) is 7.15. The van der Waals surface area contributed by atoms with E-state index in [9.17, 15) is 9.50 Å². The Morgan fingerprint density at radius 2 is 1.74 bits per heavy atom. The maximum absolute atomic E-state index is 12.5. The molecule has 3 aromatic rings. The molecule has 1 aliphatic heterocycles. The minimum atomic E-state index is -0.264. The van der Waals surface area contributed by atoms with E-state index in [4.69, 9.17) is 16.3 Å². The van der Waals surface area contributed by atoms with Crippen molar-refractivity contribution in [1.82, 2.24) is 4.90 Å². The van der Waals surface area contributed by atoms with Gasteiger partial charge in [0.05, 0.1) is 6.67 Å². The number of aromatic hydroxyl groups is 1. The molecule has 0 bridgehead atoms. The lowest BCUT2D eigenvalue weighted by atomic mass is 9.88. The van der Waals surface area contributed by atoms with Crippen molar-refractivity contribution in [3.8, 4) is 11.5 Å². The number of hydrogen-bond donors (Lipinski definition) is 1. The lowest BCUT2D eigenvalue weighted by Gasteiger charge is -2.18. The molecular weight excluding hydrogens is 461 g/mol. The number of fused-ring (bicyclic) bond motifs is 1. The molecule has 182 valence electrons. The number of halogens is 2. The maximum Gasteiger partial charge on any atom is 0.119 e. The minimum Gasteiger partial charge on any atom is -0.508 e. The van der Waals surface area contributed by atoms with Crippen molar-refractivity contribution in [3.63, 3.8) is 0 Å². The van der Waals surface area contributed by atoms with Gasteiger partial charge in [-0.3, -0.25) is 9.29 Å². The average Bonchev–Trinajstić information content (AvgIpc) is 3.22. The van der Waals surface area contributed by atoms with E-state index in [1.54, 1.807) is 6.07 Å². The molecule has 1 saturated heterocycles. The molecule has 0 unspecified atom stereocenters. The molecule has 1 heterocycles. The molecule has 0 amide bonds. The third-order valence-corrected chi connectivity index (χ3v) is 7.26. The van der Waals surface area contributed by atoms with E-state index in [1.807, 2.05) is 24.3 Å². The molecule has 0 aromatic heterocycles. The Hall–Kier alpha value is -2.82. The summed E-state index contributed by atoms with van der Waals surface area (Å²) in [6.45, 7) is 2.35. The molecule has 1 N–H and O–H groups in total. The zero-order valence-electron chi connectivity index (χ0n) is 19.9. The van der Waals surface area contributed by atoms with Crippen LogP contribution in [0.4, 0.5) is 4.39 Å². The van der Waals surface area contributed by atoms with Gasteiger partial charge in [-0.05, 0) is 102 Å². The zero-order chi connectivity index (χ0) is 24.2. The lowest BCUT2D eigenvalue weighted by Crippen LogP contribution is -2.26. The monoisotopic (exact) mass is 491 g/mol. The first-order valence-corrected chi connectivity index (χ1v) is 12.9. The summed E-state index contributed by atoms with van der Waals surface area (Å²) in [5.41, 5.74) is 7.13. The predicted molar refractivity (Wildman–Crippen MR) is 141 cm³/mol. The first-order chi connectivity index (χ1) is 17.1. The van der Waals surface area contributed by atoms with Gasteiger partial charge in [0.2, 0.25) is 0 Å². The van der Waals surface area contributed by atoms with Crippen molar-refractivity contribution in [1.29, 1.82) is 0 Å². The van der Waals surface area contributed by atoms with Gasteiger partial charge in [-0.15, -0.1) is 0 Å². The summed E-state index contributed by atoms with van der Waals surface area (Å²) in [7, 11) is 0. The summed E-state index contributed by atoms with van der Waals surface area (Å²) in [4.78, 5) is 2.28. The van der Waals surface area contributed by atoms with Crippen molar-refractivity contribution < 1.29 is 14.2 Å². The number of phenols is 1. The van der Waals surface area contributed by atoms with E-state index in [-0.39, 0.29) is 12.8 Å². The van der Waals surface area contributed by atoms with E-state index in [0.717, 1.165) is 61.7 Å². The molecule has 1 fully saturated rings. The van der Waals surface area contributed by atoms with E-state index in [2.05, 4.69) is 41.3 Å². The normalized spacial score (nSPS) is 18.4. The molecule has 3 nitrogen and oxygen atoms in total. The van der Waals surface area contributed by atoms with Crippen molar-refractivity contribution in [2.24, 2.45) is 0 Å². The van der Waals surface area contributed by atoms with Gasteiger partial charge >= 0.3 is 0 Å². The molecule has 3 aromatic carbocycles. The van der Waals surface area contributed by atoms with Gasteiger partial charge in [0, 0.05) is 24.7 Å². The summed E-state index contributed by atoms with van der Waals surface area (Å²) in [5.74, 6) is 1.16. The first-order valence-electron chi connectivity index (χ1n) is 12.5. The van der Waals surface area contributed by atoms with Crippen LogP contribution in [0.1, 0.15) is 47.9 Å². The number of allylic oxidation sites excluding steroid dienone is 1. The third-order valence-electron chi connectivity index (χ3n) is 7.01. The number of alkyl halides is 1. The van der Waals surface area contributed by atoms with Crippen LogP contribution in [0, 0.1) is 0 Å². The molecular formula is C30H31ClFNO2. The summed E-state index contributed by atoms with van der Waals surface area (Å²) in [5, 5.41) is 10.8. The Morgan fingerprint density at radius 1 is 0.971 bits per heavy atom. The van der Waals surface area contributed by atoms with Crippen LogP contribution in [-0.4, -0.2) is 42.4 Å². The van der Waals surface area contributed by atoms with Gasteiger partial charge in [0.25, 0.3) is 0 Å². The summed E-state index contributed by atoms with van der Waals surface area (Å²) in [6, 6.07) is 22.2. The highest BCUT2D eigenvalue weighted by atomic mass is 35.5. The SMILES string of the molecule is Oc1ccc2c(c1)CCCC(c1ccc(Cl)cc1)=C2c1ccc(O[C@H]2CCN(CCCF)C2)cc1. The van der Waals surface area contributed by atoms with Crippen molar-refractivity contribution in [2.45, 2.75) is 38.2 Å². The number of likely N-dealkylation sites (tertiary alicyclic amines) is 1. The second-order valence-electron chi connectivity index (χ2n) is 9.45. The number of aryl methyl sites for hydroxylation is 1. The van der Waals surface area contributed by atoms with E-state index < -0.39 is 0 Å². The van der Waals surface area contributed by atoms with Gasteiger partial charge in [-0.25, -0.2) is 0 Å². The largest absolute Gasteiger partial charge is 0.508 e. The van der Waals surface area contributed by atoms with Crippen LogP contribution in [0.25, 0.3) is 11.1 Å². The molecule has 1 atom stereocenters. The Bertz CT molecular complexity index is 1190. The molecule has 2 aliphatic rings. The maximum atomic E-state index is 12.5. The van der Waals surface area contributed by atoms with Gasteiger partial charge in [-0.1, -0.05) is 41.9 Å². The van der Waals surface area contributed by atoms with Crippen LogP contribution < -0.4 is 4.74 Å². The Labute approximate surface area is 211 Å². The van der Waals surface area contributed by atoms with Crippen LogP contribution in [0.15, 0.2) is 66.7 Å². The standard InChI is InChI=1S/C30H31ClFNO2/c31-24-9-5-21(6-10-24)28-4-1-3-23-19-25(34)11-14-29(23)30(28)22-7-12-26(13-8-22)35-27-15-18-33(20-27)17-2-16-32/h5-14,19,27,34H,1-4,15-18,20H2/t27-/m0/s1. The Kier molecular flexibility index (Phi) is 7.40. The highest BCUT2D eigenvalue weighted by molar-refractivity contribution is 6.30. The number of phenolic OH excluding ortho intramolecular Hbond substituents is 1. The fraction of sp³-hybridized carbons (Fsp3) is 0.333. The van der Waals surface area contributed by atoms with Gasteiger partial charge < -0.3 is 9.84 Å². The third kappa shape index (κ3) is 5.55. The van der Waals surface area contributed by atoms with Gasteiger partial charge in [0.1, 0.15) is 17.6 Å². The second-order valence-corrected chi connectivity index (χ2v) is 9.89. The summed E-state index contributed by atoms with van der Waals surface area (Å²) in [6.07, 6.45) is 4.58. The Balaban J connectivity index is 1.46. The molecule has 5 heteroatoms. The van der Waals surface area contributed by atoms with E-state index >= 15 is 0 Å². The average molecular weight is 492 g/mol. The molecule has 0 spiro atoms. The molecule has 0 saturated carbocycles. The smallest absolute Gasteiger partial charge is 0.119 e. The number of benzene rings is 3. The topological polar surface area (TPSA) is 32.7 Å². The molecule has 1 aliphatic carbocycles. The van der Waals surface area contributed by atoms with Crippen LogP contribution in [0.5, 0.6) is 11.5 Å². The van der Waals surface area contributed by atoms with Crippen molar-refractivity contribution in [3.05, 3.63) is 94.0 Å². The van der Waals surface area contributed by atoms with Crippen LogP contribution in [-0.2, 0) is 6.42 Å². The zero-order valence-corrected chi connectivity index (χ0v) is 20.6. The number of nitrogens with zero attached hydrogens (tertiary/aromatic N) is 1. The number of ether oxygens (including phenoxy) is 1. The van der Waals surface area contributed by atoms with Crippen LogP contribution >= 0.6 is 11.6 Å². The minimum absolute atomic E-state index is 0.144. The first kappa shape index (κ1) is 23.9. The number of hydrogen-bond acceptors (Lipinski definition) is 3. The summed E-state index contributed by atoms with van der Waals surface area (Å²) >= 11 is 6.18. The van der Waals surface area contributed by atoms with Crippen LogP contribution in [0.3, 0.4) is 0 Å². The quantitative estimate of drug-likeness (QED) is 0.380. The summed E-state index contributed by atoms with van der Waals surface area (Å²) < 4.78 is 18.8. The fourth-order valence-electron chi connectivity index (χ4n) is 5.32. The Morgan fingerprint density at radius 3 is 2.51 bits per heavy atom. The molecule has 35 heavy (non-hydrogen) atoms. The molecule has 0 radical (unpaired) electrons. The van der Waals surface area contributed by atoms with Crippen molar-refractivity contribution in [2.75, 3.05) is 26.3 Å². The van der Waals surface area contributed by atoms with Crippen molar-refractivity contribution >= 4 is 22.7 Å². The highest BCUT2D eigenvalue weighted by Gasteiger charge is 2.24. The lowest BCUT2D eigenvalue weighted by molar-refractivity contribution is 0.198.